The molecule has 15 heteroatoms. The lowest BCUT2D eigenvalue weighted by molar-refractivity contribution is -0.124. The molecule has 246 valence electrons. The molecule has 4 aromatic rings. The van der Waals surface area contributed by atoms with Gasteiger partial charge in [0.1, 0.15) is 41.1 Å². The maximum absolute atomic E-state index is 16.8. The van der Waals surface area contributed by atoms with Crippen molar-refractivity contribution in [1.29, 1.82) is 0 Å². The first-order valence-electron chi connectivity index (χ1n) is 15.5. The van der Waals surface area contributed by atoms with Gasteiger partial charge >= 0.3 is 12.0 Å². The molecule has 12 nitrogen and oxygen atoms in total. The number of halogens is 3. The van der Waals surface area contributed by atoms with Crippen molar-refractivity contribution < 1.29 is 32.6 Å². The zero-order chi connectivity index (χ0) is 33.4. The fourth-order valence-corrected chi connectivity index (χ4v) is 7.65. The number of rotatable bonds is 5. The van der Waals surface area contributed by atoms with E-state index in [0.29, 0.717) is 18.4 Å². The standard InChI is InChI=1S/C33H29F3N8O4/c1-2-20-23(35)5-4-17-10-19(45)11-21(24(17)20)26-25(36)27-22(13-37-26)28(44-15-33(7-8-38-44)29(46)41-30(47)42-33)40-31(39-27)48-16-32-6-3-9-43(32)14-18(34)12-32/h1,4-5,10-11,13,18,38,45H,3,6-9,12,14-16H2,(H2,41,42,46,47)/t18-,32+,33?/m1/s1. The van der Waals surface area contributed by atoms with Crippen LogP contribution in [0.15, 0.2) is 30.5 Å². The Morgan fingerprint density at radius 3 is 2.83 bits per heavy atom. The second-order valence-electron chi connectivity index (χ2n) is 12.8. The monoisotopic (exact) mass is 658 g/mol. The first kappa shape index (κ1) is 30.2. The van der Waals surface area contributed by atoms with Crippen molar-refractivity contribution in [1.82, 2.24) is 35.9 Å². The van der Waals surface area contributed by atoms with Gasteiger partial charge in [-0.05, 0) is 49.4 Å². The Labute approximate surface area is 271 Å². The molecule has 1 unspecified atom stereocenters. The summed E-state index contributed by atoms with van der Waals surface area (Å²) in [5, 5.41) is 17.7. The lowest BCUT2D eigenvalue weighted by Gasteiger charge is -2.39. The Hall–Kier alpha value is -5.20. The van der Waals surface area contributed by atoms with Gasteiger partial charge in [0.15, 0.2) is 11.6 Å². The zero-order valence-electron chi connectivity index (χ0n) is 25.4. The van der Waals surface area contributed by atoms with Gasteiger partial charge in [0.05, 0.1) is 23.0 Å². The summed E-state index contributed by atoms with van der Waals surface area (Å²) in [4.78, 5) is 40.4. The van der Waals surface area contributed by atoms with Gasteiger partial charge in [-0.25, -0.2) is 23.4 Å². The number of fused-ring (bicyclic) bond motifs is 3. The van der Waals surface area contributed by atoms with Gasteiger partial charge in [-0.1, -0.05) is 12.0 Å². The average Bonchev–Trinajstić information content (AvgIpc) is 3.68. The van der Waals surface area contributed by atoms with Crippen LogP contribution in [-0.4, -0.2) is 86.9 Å². The number of imide groups is 1. The van der Waals surface area contributed by atoms with Crippen LogP contribution in [0.1, 0.15) is 31.2 Å². The molecule has 48 heavy (non-hydrogen) atoms. The van der Waals surface area contributed by atoms with Gasteiger partial charge in [-0.2, -0.15) is 9.97 Å². The zero-order valence-corrected chi connectivity index (χ0v) is 25.4. The fraction of sp³-hybridized carbons (Fsp3) is 0.364. The number of terminal acetylenes is 1. The molecule has 4 saturated heterocycles. The number of aromatic hydroxyl groups is 1. The molecule has 3 amide bonds. The molecule has 4 fully saturated rings. The number of pyridine rings is 1. The van der Waals surface area contributed by atoms with E-state index in [0.717, 1.165) is 19.4 Å². The molecule has 2 aromatic heterocycles. The van der Waals surface area contributed by atoms with Gasteiger partial charge in [-0.15, -0.1) is 6.42 Å². The molecule has 1 spiro atoms. The molecule has 3 atom stereocenters. The number of hydrogen-bond acceptors (Lipinski definition) is 10. The fourth-order valence-electron chi connectivity index (χ4n) is 7.65. The highest BCUT2D eigenvalue weighted by Crippen LogP contribution is 2.42. The van der Waals surface area contributed by atoms with Gasteiger partial charge in [0.25, 0.3) is 5.91 Å². The Morgan fingerprint density at radius 2 is 2.04 bits per heavy atom. The number of phenols is 1. The van der Waals surface area contributed by atoms with Crippen LogP contribution in [0.5, 0.6) is 11.8 Å². The molecule has 4 N–H and O–H groups in total. The van der Waals surface area contributed by atoms with Crippen molar-refractivity contribution in [2.75, 3.05) is 37.8 Å². The van der Waals surface area contributed by atoms with E-state index in [1.807, 2.05) is 0 Å². The number of phenolic OH excluding ortho intramolecular Hbond substituents is 1. The van der Waals surface area contributed by atoms with Crippen LogP contribution in [0.4, 0.5) is 23.8 Å². The third kappa shape index (κ3) is 4.66. The molecule has 2 aromatic carbocycles. The van der Waals surface area contributed by atoms with Crippen molar-refractivity contribution in [3.8, 4) is 35.4 Å². The summed E-state index contributed by atoms with van der Waals surface area (Å²) in [6, 6.07) is 4.40. The van der Waals surface area contributed by atoms with Crippen molar-refractivity contribution in [3.05, 3.63) is 47.7 Å². The highest BCUT2D eigenvalue weighted by atomic mass is 19.1. The Kier molecular flexibility index (Phi) is 6.86. The number of hydrazine groups is 1. The number of nitrogens with one attached hydrogen (secondary N) is 3. The predicted octanol–water partition coefficient (Wildman–Crippen LogP) is 3.06. The van der Waals surface area contributed by atoms with E-state index in [9.17, 15) is 23.5 Å². The molecule has 0 bridgehead atoms. The van der Waals surface area contributed by atoms with Gasteiger partial charge in [0.2, 0.25) is 0 Å². The van der Waals surface area contributed by atoms with E-state index < -0.39 is 40.8 Å². The predicted molar refractivity (Wildman–Crippen MR) is 168 cm³/mol. The maximum Gasteiger partial charge on any atom is 0.322 e. The lowest BCUT2D eigenvalue weighted by Crippen LogP contribution is -2.64. The van der Waals surface area contributed by atoms with Crippen LogP contribution in [0, 0.1) is 24.0 Å². The molecule has 4 aliphatic rings. The lowest BCUT2D eigenvalue weighted by atomic mass is 9.93. The summed E-state index contributed by atoms with van der Waals surface area (Å²) in [6.45, 7) is 1.30. The minimum Gasteiger partial charge on any atom is -0.508 e. The highest BCUT2D eigenvalue weighted by Gasteiger charge is 2.51. The van der Waals surface area contributed by atoms with Gasteiger partial charge in [0, 0.05) is 36.7 Å². The van der Waals surface area contributed by atoms with E-state index in [-0.39, 0.29) is 76.8 Å². The topological polar surface area (TPSA) is 145 Å². The second-order valence-corrected chi connectivity index (χ2v) is 12.8. The SMILES string of the molecule is C#Cc1c(F)ccc2cc(O)cc(-c3ncc4c(N5CC6(CCN5)NC(=O)NC6=O)nc(OC[C@@]56CCCN5C[C@H](F)C6)nc4c3F)c12. The van der Waals surface area contributed by atoms with Crippen molar-refractivity contribution >= 4 is 39.4 Å². The first-order chi connectivity index (χ1) is 23.1. The molecule has 0 radical (unpaired) electrons. The summed E-state index contributed by atoms with van der Waals surface area (Å²) >= 11 is 0. The highest BCUT2D eigenvalue weighted by molar-refractivity contribution is 6.08. The van der Waals surface area contributed by atoms with E-state index in [1.165, 1.54) is 35.5 Å². The van der Waals surface area contributed by atoms with Crippen molar-refractivity contribution in [3.63, 3.8) is 0 Å². The molecule has 0 aliphatic carbocycles. The maximum atomic E-state index is 16.8. The van der Waals surface area contributed by atoms with Crippen LogP contribution >= 0.6 is 0 Å². The third-order valence-electron chi connectivity index (χ3n) is 9.88. The van der Waals surface area contributed by atoms with Crippen LogP contribution < -0.4 is 25.8 Å². The van der Waals surface area contributed by atoms with Crippen LogP contribution in [0.25, 0.3) is 32.9 Å². The average molecular weight is 659 g/mol. The number of benzene rings is 2. The Morgan fingerprint density at radius 1 is 1.19 bits per heavy atom. The smallest absolute Gasteiger partial charge is 0.322 e. The summed E-state index contributed by atoms with van der Waals surface area (Å²) in [5.74, 6) is 0.0882. The summed E-state index contributed by atoms with van der Waals surface area (Å²) in [5.41, 5.74) is 0.772. The van der Waals surface area contributed by atoms with Crippen molar-refractivity contribution in [2.24, 2.45) is 0 Å². The quantitative estimate of drug-likeness (QED) is 0.187. The van der Waals surface area contributed by atoms with Crippen molar-refractivity contribution in [2.45, 2.75) is 42.9 Å². The van der Waals surface area contributed by atoms with E-state index in [1.54, 1.807) is 0 Å². The number of carbonyl (C=O) groups is 2. The molecular weight excluding hydrogens is 629 g/mol. The number of hydrogen-bond donors (Lipinski definition) is 4. The number of ether oxygens (including phenoxy) is 1. The molecule has 6 heterocycles. The third-order valence-corrected chi connectivity index (χ3v) is 9.88. The van der Waals surface area contributed by atoms with E-state index in [4.69, 9.17) is 11.2 Å². The Balaban J connectivity index is 1.28. The van der Waals surface area contributed by atoms with Gasteiger partial charge in [-0.3, -0.25) is 25.0 Å². The van der Waals surface area contributed by atoms with Crippen LogP contribution in [0.3, 0.4) is 0 Å². The minimum absolute atomic E-state index is 0.0419. The van der Waals surface area contributed by atoms with E-state index in [2.05, 4.69) is 41.8 Å². The number of anilines is 1. The number of nitrogens with zero attached hydrogens (tertiary/aromatic N) is 5. The molecule has 4 aliphatic heterocycles. The summed E-state index contributed by atoms with van der Waals surface area (Å²) in [6.07, 6.45) is 8.17. The molecule has 0 saturated carbocycles. The van der Waals surface area contributed by atoms with Crippen LogP contribution in [-0.2, 0) is 4.79 Å². The minimum atomic E-state index is -1.27. The summed E-state index contributed by atoms with van der Waals surface area (Å²) in [7, 11) is 0. The number of urea groups is 1. The summed E-state index contributed by atoms with van der Waals surface area (Å²) < 4.78 is 52.3. The number of aromatic nitrogens is 3. The second kappa shape index (κ2) is 10.9. The number of carbonyl (C=O) groups excluding carboxylic acids is 2. The number of alkyl halides is 1. The normalized spacial score (nSPS) is 25.5. The van der Waals surface area contributed by atoms with Gasteiger partial charge < -0.3 is 15.2 Å². The molecule has 8 rings (SSSR count). The molecular formula is C33H29F3N8O4. The first-order valence-corrected chi connectivity index (χ1v) is 15.5. The largest absolute Gasteiger partial charge is 0.508 e. The Bertz CT molecular complexity index is 2090. The van der Waals surface area contributed by atoms with Crippen LogP contribution in [0.2, 0.25) is 0 Å². The number of amides is 3. The van der Waals surface area contributed by atoms with E-state index >= 15 is 4.39 Å².